The van der Waals surface area contributed by atoms with Gasteiger partial charge in [-0.15, -0.1) is 0 Å². The fraction of sp³-hybridized carbons (Fsp3) is 0. The molecular formula is H10N2O13U. The molecule has 0 atom stereocenters. The van der Waals surface area contributed by atoms with Crippen molar-refractivity contribution in [2.75, 3.05) is 0 Å². The normalized spacial score (nSPS) is 3.50. The van der Waals surface area contributed by atoms with E-state index >= 15 is 0 Å². The molecule has 16 heavy (non-hydrogen) atoms. The molecule has 0 saturated heterocycles. The van der Waals surface area contributed by atoms with Crippen LogP contribution in [0.5, 0.6) is 0 Å². The Morgan fingerprint density at radius 3 is 0.625 bits per heavy atom. The summed E-state index contributed by atoms with van der Waals surface area (Å²) in [5.41, 5.74) is 0. The van der Waals surface area contributed by atoms with E-state index in [-0.39, 0.29) is 27.4 Å². The van der Waals surface area contributed by atoms with Crippen molar-refractivity contribution in [3.05, 3.63) is 30.6 Å². The molecule has 0 spiro atoms. The molecule has 0 aliphatic rings. The monoisotopic (exact) mass is 484 g/mol. The van der Waals surface area contributed by atoms with Crippen molar-refractivity contribution in [2.45, 2.75) is 0 Å². The maximum absolute atomic E-state index is 8.58. The molecule has 0 fully saturated rings. The maximum atomic E-state index is 8.58. The van der Waals surface area contributed by atoms with E-state index in [9.17, 15) is 0 Å². The van der Waals surface area contributed by atoms with Gasteiger partial charge in [0.25, 0.3) is 0 Å². The Balaban J connectivity index is -0.00000000872. The molecule has 0 amide bonds. The number of hydrogen-bond donors (Lipinski definition) is 0. The van der Waals surface area contributed by atoms with E-state index in [4.69, 9.17) is 35.1 Å². The van der Waals surface area contributed by atoms with Crippen molar-refractivity contribution in [2.24, 2.45) is 0 Å². The summed E-state index contributed by atoms with van der Waals surface area (Å²) in [6, 6.07) is 0. The van der Waals surface area contributed by atoms with E-state index in [2.05, 4.69) is 0 Å². The molecule has 0 saturated carbocycles. The van der Waals surface area contributed by atoms with E-state index < -0.39 is 38.0 Å². The predicted octanol–water partition coefficient (Wildman–Crippen LogP) is -4.84. The molecule has 0 rings (SSSR count). The Bertz CT molecular complexity index is 126. The van der Waals surface area contributed by atoms with Crippen LogP contribution in [-0.2, 0) is 4.47 Å². The third-order valence-electron chi connectivity index (χ3n) is 0. The molecule has 102 valence electrons. The summed E-state index contributed by atoms with van der Waals surface area (Å²) in [6.45, 7) is 0. The summed E-state index contributed by atoms with van der Waals surface area (Å²) in [4.78, 5) is 16.5. The van der Waals surface area contributed by atoms with Crippen LogP contribution in [0.4, 0.5) is 0 Å². The van der Waals surface area contributed by atoms with Crippen molar-refractivity contribution in [3.63, 3.8) is 0 Å². The van der Waals surface area contributed by atoms with Crippen LogP contribution >= 0.6 is 0 Å². The Hall–Kier alpha value is -1.15. The molecule has 16 heteroatoms. The molecule has 0 bridgehead atoms. The fourth-order valence-corrected chi connectivity index (χ4v) is 0. The van der Waals surface area contributed by atoms with Crippen LogP contribution < -0.4 is 0 Å². The van der Waals surface area contributed by atoms with Gasteiger partial charge in [-0.05, 0) is 0 Å². The zero-order valence-corrected chi connectivity index (χ0v) is 11.3. The Labute approximate surface area is 101 Å². The first kappa shape index (κ1) is 60.7. The van der Waals surface area contributed by atoms with Crippen LogP contribution in [0.15, 0.2) is 0 Å². The fourth-order valence-electron chi connectivity index (χ4n) is 0. The van der Waals surface area contributed by atoms with Crippen LogP contribution in [-0.4, -0.2) is 37.6 Å². The van der Waals surface area contributed by atoms with Crippen molar-refractivity contribution in [1.29, 1.82) is 0 Å². The van der Waals surface area contributed by atoms with Crippen LogP contribution in [0.3, 0.4) is 0 Å². The summed E-state index contributed by atoms with van der Waals surface area (Å²) in [5.74, 6) is 0. The molecular weight excluding hydrogens is 474 g/mol. The first-order chi connectivity index (χ1) is 4.88. The molecule has 0 aromatic rings. The van der Waals surface area contributed by atoms with Crippen LogP contribution in [0, 0.1) is 58.5 Å². The molecule has 0 aliphatic heterocycles. The molecule has 0 aliphatic carbocycles. The predicted molar refractivity (Wildman–Crippen MR) is 40.2 cm³/mol. The Morgan fingerprint density at radius 2 is 0.625 bits per heavy atom. The summed E-state index contributed by atoms with van der Waals surface area (Å²) in [5, 5.41) is 29.5. The average molecular weight is 484 g/mol. The SMILES string of the molecule is O.O.O.O.O.O=[N+]([O-])[O-].O=[N+]([O-])[O-].[O]=[U+2]=[O]. The van der Waals surface area contributed by atoms with Crippen LogP contribution in [0.25, 0.3) is 0 Å². The van der Waals surface area contributed by atoms with Gasteiger partial charge in [-0.2, -0.15) is 0 Å². The van der Waals surface area contributed by atoms with Gasteiger partial charge in [0.2, 0.25) is 0 Å². The summed E-state index contributed by atoms with van der Waals surface area (Å²) in [7, 11) is 0. The summed E-state index contributed by atoms with van der Waals surface area (Å²) in [6.07, 6.45) is 0. The Morgan fingerprint density at radius 1 is 0.625 bits per heavy atom. The van der Waals surface area contributed by atoms with Gasteiger partial charge in [0.1, 0.15) is 0 Å². The van der Waals surface area contributed by atoms with E-state index in [0.717, 1.165) is 0 Å². The van der Waals surface area contributed by atoms with Gasteiger partial charge in [-0.1, -0.05) is 0 Å². The van der Waals surface area contributed by atoms with Crippen molar-refractivity contribution >= 4 is 0 Å². The van der Waals surface area contributed by atoms with Gasteiger partial charge in [-0.25, -0.2) is 0 Å². The van der Waals surface area contributed by atoms with E-state index in [0.29, 0.717) is 0 Å². The zero-order valence-electron chi connectivity index (χ0n) is 7.16. The van der Waals surface area contributed by atoms with E-state index in [1.54, 1.807) is 0 Å². The Kier molecular flexibility index (Phi) is 253. The van der Waals surface area contributed by atoms with Crippen LogP contribution in [0.1, 0.15) is 0 Å². The number of rotatable bonds is 0. The van der Waals surface area contributed by atoms with Crippen LogP contribution in [0.2, 0.25) is 0 Å². The van der Waals surface area contributed by atoms with E-state index in [1.807, 2.05) is 0 Å². The summed E-state index contributed by atoms with van der Waals surface area (Å²) >= 11 is -2.51. The van der Waals surface area contributed by atoms with Gasteiger partial charge in [0.05, 0.1) is 10.2 Å². The molecule has 0 unspecified atom stereocenters. The van der Waals surface area contributed by atoms with Crippen molar-refractivity contribution in [3.8, 4) is 0 Å². The van der Waals surface area contributed by atoms with Gasteiger partial charge in [-0.3, -0.25) is 0 Å². The van der Waals surface area contributed by atoms with Gasteiger partial charge in [0.15, 0.2) is 0 Å². The third-order valence-corrected chi connectivity index (χ3v) is 0. The van der Waals surface area contributed by atoms with Gasteiger partial charge in [0, 0.05) is 0 Å². The quantitative estimate of drug-likeness (QED) is 0.236. The van der Waals surface area contributed by atoms with Crippen molar-refractivity contribution in [1.82, 2.24) is 0 Å². The minimum absolute atomic E-state index is 0. The molecule has 0 aromatic carbocycles. The second-order valence-corrected chi connectivity index (χ2v) is 1.22. The molecule has 0 heterocycles. The van der Waals surface area contributed by atoms with Crippen molar-refractivity contribution < 1.29 is 69.8 Å². The van der Waals surface area contributed by atoms with Gasteiger partial charge < -0.3 is 58.0 Å². The summed E-state index contributed by atoms with van der Waals surface area (Å²) < 4.78 is 17.2. The molecule has 15 nitrogen and oxygen atoms in total. The first-order valence-electron chi connectivity index (χ1n) is 1.50. The van der Waals surface area contributed by atoms with E-state index in [1.165, 1.54) is 0 Å². The topological polar surface area (TPSA) is 324 Å². The van der Waals surface area contributed by atoms with Gasteiger partial charge >= 0.3 is 32.3 Å². The standard InChI is InChI=1S/2NO3.5H2O.2O.U/c2*2-1(3)4;;;;;;;;/h;;5*1H2;;;/q2*-1;;;;;;;;+2. The second kappa shape index (κ2) is 66.8. The first-order valence-corrected chi connectivity index (χ1v) is 4.90. The molecule has 0 aromatic heterocycles. The molecule has 10 N–H and O–H groups in total. The zero-order chi connectivity index (χ0) is 9.86. The minimum atomic E-state index is -2.51. The third kappa shape index (κ3) is 1370. The number of hydrogen-bond acceptors (Lipinski definition) is 8. The second-order valence-electron chi connectivity index (χ2n) is 0.531. The average Bonchev–Trinajstić information content (AvgIpc) is 1.60. The molecule has 0 radical (unpaired) electrons. The number of nitrogens with zero attached hydrogens (tertiary/aromatic N) is 2.